The van der Waals surface area contributed by atoms with Crippen LogP contribution in [0.4, 0.5) is 0 Å². The number of likely N-dealkylation sites (tertiary alicyclic amines) is 1. The third kappa shape index (κ3) is 6.77. The van der Waals surface area contributed by atoms with Crippen LogP contribution in [0.15, 0.2) is 60.8 Å². The van der Waals surface area contributed by atoms with Gasteiger partial charge < -0.3 is 16.0 Å². The number of hydrogen-bond donors (Lipinski definition) is 2. The monoisotopic (exact) mass is 477 g/mol. The van der Waals surface area contributed by atoms with Gasteiger partial charge in [-0.05, 0) is 92.4 Å². The number of benzene rings is 2. The highest BCUT2D eigenvalue weighted by molar-refractivity contribution is 6.32. The Morgan fingerprint density at radius 1 is 1.09 bits per heavy atom. The fourth-order valence-corrected chi connectivity index (χ4v) is 5.28. The Morgan fingerprint density at radius 3 is 2.35 bits per heavy atom. The van der Waals surface area contributed by atoms with Crippen LogP contribution in [0.2, 0.25) is 5.02 Å². The third-order valence-electron chi connectivity index (χ3n) is 6.83. The maximum Gasteiger partial charge on any atom is 0.0472 e. The zero-order chi connectivity index (χ0) is 24.7. The second-order valence-electron chi connectivity index (χ2n) is 9.68. The molecule has 1 unspecified atom stereocenters. The average molecular weight is 478 g/mol. The van der Waals surface area contributed by atoms with Crippen LogP contribution >= 0.6 is 11.6 Å². The van der Waals surface area contributed by atoms with E-state index in [9.17, 15) is 0 Å². The predicted molar refractivity (Wildman–Crippen MR) is 149 cm³/mol. The zero-order valence-electron chi connectivity index (χ0n) is 21.3. The predicted octanol–water partition coefficient (Wildman–Crippen LogP) is 7.05. The van der Waals surface area contributed by atoms with E-state index in [-0.39, 0.29) is 0 Å². The van der Waals surface area contributed by atoms with Crippen molar-refractivity contribution in [2.45, 2.75) is 52.9 Å². The van der Waals surface area contributed by atoms with Gasteiger partial charge in [-0.2, -0.15) is 0 Å². The van der Waals surface area contributed by atoms with Crippen LogP contribution < -0.4 is 11.1 Å². The molecule has 1 heterocycles. The largest absolute Gasteiger partial charge is 0.404 e. The standard InChI is InChI=1S/C30H40ClN3/c1-21(18-24(4)29-22(2)8-9-23(3)30(29)31)19-28(20-32)27-12-10-26(11-13-27)25(5)33-14-17-34-15-6-7-16-34/h8-13,19-20,24,33H,5-7,14-18,32H2,1-4H3/b21-19+,28-20+. The van der Waals surface area contributed by atoms with Crippen LogP contribution in [0.25, 0.3) is 11.3 Å². The van der Waals surface area contributed by atoms with Crippen LogP contribution in [0.5, 0.6) is 0 Å². The Labute approximate surface area is 211 Å². The lowest BCUT2D eigenvalue weighted by molar-refractivity contribution is 0.343. The van der Waals surface area contributed by atoms with E-state index in [1.165, 1.54) is 42.6 Å². The quantitative estimate of drug-likeness (QED) is 0.360. The highest BCUT2D eigenvalue weighted by atomic mass is 35.5. The van der Waals surface area contributed by atoms with Gasteiger partial charge in [0.25, 0.3) is 0 Å². The van der Waals surface area contributed by atoms with Gasteiger partial charge in [0.2, 0.25) is 0 Å². The number of nitrogens with zero attached hydrogens (tertiary/aromatic N) is 1. The molecule has 3 nitrogen and oxygen atoms in total. The first-order chi connectivity index (χ1) is 16.3. The third-order valence-corrected chi connectivity index (χ3v) is 7.33. The molecule has 0 bridgehead atoms. The van der Waals surface area contributed by atoms with Gasteiger partial charge in [-0.15, -0.1) is 0 Å². The van der Waals surface area contributed by atoms with Crippen molar-refractivity contribution < 1.29 is 0 Å². The van der Waals surface area contributed by atoms with Gasteiger partial charge >= 0.3 is 0 Å². The molecule has 0 amide bonds. The summed E-state index contributed by atoms with van der Waals surface area (Å²) in [6, 6.07) is 12.7. The summed E-state index contributed by atoms with van der Waals surface area (Å²) in [6.07, 6.45) is 7.46. The van der Waals surface area contributed by atoms with Gasteiger partial charge in [0, 0.05) is 30.0 Å². The molecule has 0 radical (unpaired) electrons. The summed E-state index contributed by atoms with van der Waals surface area (Å²) in [6.45, 7) is 17.3. The summed E-state index contributed by atoms with van der Waals surface area (Å²) in [7, 11) is 0. The van der Waals surface area contributed by atoms with Crippen molar-refractivity contribution in [1.82, 2.24) is 10.2 Å². The summed E-state index contributed by atoms with van der Waals surface area (Å²) in [5.74, 6) is 0.333. The first-order valence-electron chi connectivity index (χ1n) is 12.4. The molecule has 3 rings (SSSR count). The molecule has 1 saturated heterocycles. The van der Waals surface area contributed by atoms with E-state index < -0.39 is 0 Å². The van der Waals surface area contributed by atoms with Crippen molar-refractivity contribution in [3.63, 3.8) is 0 Å². The topological polar surface area (TPSA) is 41.3 Å². The highest BCUT2D eigenvalue weighted by Crippen LogP contribution is 2.34. The van der Waals surface area contributed by atoms with Gasteiger partial charge in [-0.3, -0.25) is 0 Å². The molecular weight excluding hydrogens is 438 g/mol. The van der Waals surface area contributed by atoms with Crippen LogP contribution in [0.3, 0.4) is 0 Å². The maximum atomic E-state index is 6.65. The number of allylic oxidation sites excluding steroid dienone is 3. The molecule has 0 spiro atoms. The molecule has 0 aromatic heterocycles. The summed E-state index contributed by atoms with van der Waals surface area (Å²) in [5, 5.41) is 4.36. The fourth-order valence-electron chi connectivity index (χ4n) is 4.88. The lowest BCUT2D eigenvalue weighted by Crippen LogP contribution is -2.29. The Bertz CT molecular complexity index is 1040. The Kier molecular flexibility index (Phi) is 9.44. The summed E-state index contributed by atoms with van der Waals surface area (Å²) in [4.78, 5) is 2.51. The van der Waals surface area contributed by atoms with E-state index in [4.69, 9.17) is 17.3 Å². The molecule has 182 valence electrons. The molecule has 3 N–H and O–H groups in total. The second-order valence-corrected chi connectivity index (χ2v) is 10.1. The highest BCUT2D eigenvalue weighted by Gasteiger charge is 2.15. The van der Waals surface area contributed by atoms with Crippen LogP contribution in [0, 0.1) is 13.8 Å². The van der Waals surface area contributed by atoms with Crippen molar-refractivity contribution in [3.8, 4) is 0 Å². The van der Waals surface area contributed by atoms with Gasteiger partial charge in [-0.25, -0.2) is 0 Å². The molecule has 4 heteroatoms. The van der Waals surface area contributed by atoms with Gasteiger partial charge in [0.1, 0.15) is 0 Å². The lowest BCUT2D eigenvalue weighted by atomic mass is 9.89. The molecular formula is C30H40ClN3. The first-order valence-corrected chi connectivity index (χ1v) is 12.8. The van der Waals surface area contributed by atoms with E-state index >= 15 is 0 Å². The van der Waals surface area contributed by atoms with Crippen molar-refractivity contribution >= 4 is 22.9 Å². The van der Waals surface area contributed by atoms with Crippen molar-refractivity contribution in [2.75, 3.05) is 26.2 Å². The number of nitrogens with one attached hydrogen (secondary N) is 1. The molecule has 2 aromatic rings. The van der Waals surface area contributed by atoms with E-state index in [0.717, 1.165) is 52.5 Å². The molecule has 1 aliphatic rings. The van der Waals surface area contributed by atoms with E-state index in [1.807, 2.05) is 0 Å². The molecule has 2 aromatic carbocycles. The minimum atomic E-state index is 0.333. The maximum absolute atomic E-state index is 6.65. The van der Waals surface area contributed by atoms with Crippen LogP contribution in [-0.4, -0.2) is 31.1 Å². The Balaban J connectivity index is 1.62. The molecule has 1 atom stereocenters. The SMILES string of the molecule is C=C(NCCN1CCCC1)c1ccc(C(/C=C(\C)CC(C)c2c(C)ccc(C)c2Cl)=C/N)cc1. The summed E-state index contributed by atoms with van der Waals surface area (Å²) >= 11 is 6.65. The number of halogens is 1. The number of nitrogens with two attached hydrogens (primary N) is 1. The van der Waals surface area contributed by atoms with Crippen molar-refractivity contribution in [1.29, 1.82) is 0 Å². The minimum Gasteiger partial charge on any atom is -0.404 e. The van der Waals surface area contributed by atoms with Gasteiger partial charge in [0.05, 0.1) is 0 Å². The van der Waals surface area contributed by atoms with Crippen LogP contribution in [-0.2, 0) is 0 Å². The smallest absolute Gasteiger partial charge is 0.0472 e. The normalized spacial score (nSPS) is 16.0. The molecule has 1 aliphatic heterocycles. The van der Waals surface area contributed by atoms with E-state index in [1.54, 1.807) is 6.20 Å². The van der Waals surface area contributed by atoms with Gasteiger partial charge in [0.15, 0.2) is 0 Å². The minimum absolute atomic E-state index is 0.333. The molecule has 0 aliphatic carbocycles. The average Bonchev–Trinajstić information content (AvgIpc) is 3.34. The van der Waals surface area contributed by atoms with Crippen LogP contribution in [0.1, 0.15) is 66.8 Å². The van der Waals surface area contributed by atoms with Gasteiger partial charge in [-0.1, -0.05) is 73.2 Å². The Hall–Kier alpha value is -2.49. The fraction of sp³-hybridized carbons (Fsp3) is 0.400. The zero-order valence-corrected chi connectivity index (χ0v) is 22.0. The Morgan fingerprint density at radius 2 is 1.71 bits per heavy atom. The first kappa shape index (κ1) is 26.1. The molecule has 0 saturated carbocycles. The van der Waals surface area contributed by atoms with Crippen molar-refractivity contribution in [3.05, 3.63) is 93.7 Å². The number of aryl methyl sites for hydroxylation is 2. The van der Waals surface area contributed by atoms with E-state index in [2.05, 4.69) is 87.0 Å². The lowest BCUT2D eigenvalue weighted by Gasteiger charge is -2.19. The number of rotatable bonds is 10. The molecule has 1 fully saturated rings. The molecule has 34 heavy (non-hydrogen) atoms. The van der Waals surface area contributed by atoms with Crippen molar-refractivity contribution in [2.24, 2.45) is 5.73 Å². The number of hydrogen-bond acceptors (Lipinski definition) is 3. The van der Waals surface area contributed by atoms with E-state index in [0.29, 0.717) is 5.92 Å². The summed E-state index contributed by atoms with van der Waals surface area (Å²) in [5.41, 5.74) is 15.1. The second kappa shape index (κ2) is 12.3. The summed E-state index contributed by atoms with van der Waals surface area (Å²) < 4.78 is 0.